The number of hydrogen-bond acceptors (Lipinski definition) is 4. The number of hydrogen-bond donors (Lipinski definition) is 2. The lowest BCUT2D eigenvalue weighted by molar-refractivity contribution is -0.127. The Labute approximate surface area is 72.6 Å². The summed E-state index contributed by atoms with van der Waals surface area (Å²) < 4.78 is 0. The lowest BCUT2D eigenvalue weighted by Gasteiger charge is -2.21. The van der Waals surface area contributed by atoms with E-state index in [2.05, 4.69) is 11.0 Å². The van der Waals surface area contributed by atoms with Gasteiger partial charge >= 0.3 is 0 Å². The molecule has 0 aromatic carbocycles. The van der Waals surface area contributed by atoms with E-state index in [0.29, 0.717) is 6.54 Å². The number of rotatable bonds is 2. The molecule has 1 heterocycles. The van der Waals surface area contributed by atoms with Gasteiger partial charge in [-0.25, -0.2) is 0 Å². The molecule has 12 heavy (non-hydrogen) atoms. The van der Waals surface area contributed by atoms with Crippen LogP contribution >= 0.6 is 0 Å². The minimum Gasteiger partial charge on any atom is -0.310 e. The fourth-order valence-corrected chi connectivity index (χ4v) is 0.769. The molecule has 0 radical (unpaired) electrons. The molecule has 1 aliphatic rings. The van der Waals surface area contributed by atoms with Crippen molar-refractivity contribution in [3.8, 4) is 0 Å². The van der Waals surface area contributed by atoms with Gasteiger partial charge in [-0.2, -0.15) is 0 Å². The van der Waals surface area contributed by atoms with Crippen LogP contribution in [-0.4, -0.2) is 17.3 Å². The maximum atomic E-state index is 11.5. The van der Waals surface area contributed by atoms with Crippen molar-refractivity contribution in [1.29, 1.82) is 0 Å². The van der Waals surface area contributed by atoms with Gasteiger partial charge in [-0.15, -0.1) is 5.53 Å². The summed E-state index contributed by atoms with van der Waals surface area (Å²) in [6, 6.07) is 0. The standard InChI is InChI=1S/C8H15N3O/c1-8(2,3)7(12)6-11-5-4-9-10-11/h4-5,9-10H,6H2,1-3H3. The van der Waals surface area contributed by atoms with Gasteiger partial charge in [0.2, 0.25) is 0 Å². The first-order chi connectivity index (χ1) is 5.50. The van der Waals surface area contributed by atoms with Crippen molar-refractivity contribution in [2.75, 3.05) is 6.54 Å². The number of carbonyl (C=O) groups is 1. The average Bonchev–Trinajstić information content (AvgIpc) is 2.37. The lowest BCUT2D eigenvalue weighted by atomic mass is 9.91. The maximum absolute atomic E-state index is 11.5. The molecule has 4 nitrogen and oxygen atoms in total. The van der Waals surface area contributed by atoms with Gasteiger partial charge < -0.3 is 5.43 Å². The smallest absolute Gasteiger partial charge is 0.159 e. The second-order valence-electron chi connectivity index (χ2n) is 3.87. The highest BCUT2D eigenvalue weighted by Gasteiger charge is 2.22. The van der Waals surface area contributed by atoms with Gasteiger partial charge in [0.25, 0.3) is 0 Å². The van der Waals surface area contributed by atoms with E-state index in [-0.39, 0.29) is 11.2 Å². The van der Waals surface area contributed by atoms with Crippen LogP contribution in [0.15, 0.2) is 12.4 Å². The van der Waals surface area contributed by atoms with Gasteiger partial charge in [-0.3, -0.25) is 9.80 Å². The Hall–Kier alpha value is -1.03. The maximum Gasteiger partial charge on any atom is 0.159 e. The van der Waals surface area contributed by atoms with Gasteiger partial charge in [-0.1, -0.05) is 20.8 Å². The van der Waals surface area contributed by atoms with Crippen LogP contribution in [0.25, 0.3) is 0 Å². The summed E-state index contributed by atoms with van der Waals surface area (Å²) >= 11 is 0. The van der Waals surface area contributed by atoms with Crippen LogP contribution in [0.3, 0.4) is 0 Å². The zero-order valence-corrected chi connectivity index (χ0v) is 7.72. The highest BCUT2D eigenvalue weighted by molar-refractivity contribution is 5.85. The number of hydrazine groups is 2. The third-order valence-electron chi connectivity index (χ3n) is 1.70. The summed E-state index contributed by atoms with van der Waals surface area (Å²) in [6.07, 6.45) is 3.54. The Bertz CT molecular complexity index is 205. The molecule has 0 amide bonds. The van der Waals surface area contributed by atoms with Crippen LogP contribution in [0.4, 0.5) is 0 Å². The normalized spacial score (nSPS) is 16.4. The van der Waals surface area contributed by atoms with E-state index in [1.807, 2.05) is 20.8 Å². The van der Waals surface area contributed by atoms with Gasteiger partial charge in [0, 0.05) is 17.8 Å². The molecular weight excluding hydrogens is 154 g/mol. The van der Waals surface area contributed by atoms with E-state index in [0.717, 1.165) is 0 Å². The Morgan fingerprint density at radius 1 is 1.50 bits per heavy atom. The van der Waals surface area contributed by atoms with E-state index >= 15 is 0 Å². The lowest BCUT2D eigenvalue weighted by Crippen LogP contribution is -2.41. The molecule has 0 spiro atoms. The van der Waals surface area contributed by atoms with Crippen LogP contribution in [0.5, 0.6) is 0 Å². The SMILES string of the molecule is CC(C)(C)C(=O)CN1C=CNN1. The molecule has 0 saturated heterocycles. The summed E-state index contributed by atoms with van der Waals surface area (Å²) in [6.45, 7) is 6.15. The molecule has 68 valence electrons. The topological polar surface area (TPSA) is 44.4 Å². The molecule has 4 heteroatoms. The fraction of sp³-hybridized carbons (Fsp3) is 0.625. The van der Waals surface area contributed by atoms with Crippen molar-refractivity contribution >= 4 is 5.78 Å². The van der Waals surface area contributed by atoms with E-state index in [1.165, 1.54) is 0 Å². The Morgan fingerprint density at radius 2 is 2.17 bits per heavy atom. The number of Topliss-reactive ketones (excluding diaryl/α,β-unsaturated/α-hetero) is 1. The molecular formula is C8H15N3O. The van der Waals surface area contributed by atoms with Crippen molar-refractivity contribution < 1.29 is 4.79 Å². The molecule has 0 atom stereocenters. The second-order valence-corrected chi connectivity index (χ2v) is 3.87. The van der Waals surface area contributed by atoms with Crippen molar-refractivity contribution in [3.63, 3.8) is 0 Å². The first-order valence-corrected chi connectivity index (χ1v) is 3.98. The molecule has 1 aliphatic heterocycles. The van der Waals surface area contributed by atoms with Crippen molar-refractivity contribution in [2.24, 2.45) is 5.41 Å². The Morgan fingerprint density at radius 3 is 2.58 bits per heavy atom. The predicted molar refractivity (Wildman–Crippen MR) is 46.6 cm³/mol. The van der Waals surface area contributed by atoms with Gasteiger partial charge in [-0.05, 0) is 0 Å². The number of nitrogens with one attached hydrogen (secondary N) is 2. The monoisotopic (exact) mass is 169 g/mol. The highest BCUT2D eigenvalue weighted by Crippen LogP contribution is 2.14. The summed E-state index contributed by atoms with van der Waals surface area (Å²) in [4.78, 5) is 11.5. The van der Waals surface area contributed by atoms with Crippen LogP contribution < -0.4 is 11.0 Å². The van der Waals surface area contributed by atoms with E-state index in [4.69, 9.17) is 0 Å². The average molecular weight is 169 g/mol. The van der Waals surface area contributed by atoms with E-state index < -0.39 is 0 Å². The van der Waals surface area contributed by atoms with Crippen molar-refractivity contribution in [1.82, 2.24) is 16.0 Å². The first kappa shape index (κ1) is 9.06. The molecule has 0 unspecified atom stereocenters. The molecule has 0 bridgehead atoms. The molecule has 0 aromatic heterocycles. The molecule has 1 rings (SSSR count). The number of ketones is 1. The van der Waals surface area contributed by atoms with Gasteiger partial charge in [0.1, 0.15) is 0 Å². The van der Waals surface area contributed by atoms with Crippen LogP contribution in [0.1, 0.15) is 20.8 Å². The molecule has 0 saturated carbocycles. The van der Waals surface area contributed by atoms with E-state index in [1.54, 1.807) is 17.4 Å². The quantitative estimate of drug-likeness (QED) is 0.628. The van der Waals surface area contributed by atoms with Crippen molar-refractivity contribution in [3.05, 3.63) is 12.4 Å². The third-order valence-corrected chi connectivity index (χ3v) is 1.70. The highest BCUT2D eigenvalue weighted by atomic mass is 16.1. The van der Waals surface area contributed by atoms with Crippen LogP contribution in [0, 0.1) is 5.41 Å². The predicted octanol–water partition coefficient (Wildman–Crippen LogP) is 0.398. The van der Waals surface area contributed by atoms with Gasteiger partial charge in [0.05, 0.1) is 6.54 Å². The van der Waals surface area contributed by atoms with Gasteiger partial charge in [0.15, 0.2) is 5.78 Å². The zero-order chi connectivity index (χ0) is 9.19. The molecule has 0 aromatic rings. The van der Waals surface area contributed by atoms with Crippen molar-refractivity contribution in [2.45, 2.75) is 20.8 Å². The Balaban J connectivity index is 2.41. The van der Waals surface area contributed by atoms with E-state index in [9.17, 15) is 4.79 Å². The first-order valence-electron chi connectivity index (χ1n) is 3.98. The summed E-state index contributed by atoms with van der Waals surface area (Å²) in [7, 11) is 0. The van der Waals surface area contributed by atoms with Crippen LogP contribution in [0.2, 0.25) is 0 Å². The second kappa shape index (κ2) is 3.15. The van der Waals surface area contributed by atoms with Crippen LogP contribution in [-0.2, 0) is 4.79 Å². The number of nitrogens with zero attached hydrogens (tertiary/aromatic N) is 1. The fourth-order valence-electron chi connectivity index (χ4n) is 0.769. The largest absolute Gasteiger partial charge is 0.310 e. The zero-order valence-electron chi connectivity index (χ0n) is 7.72. The molecule has 0 fully saturated rings. The molecule has 2 N–H and O–H groups in total. The minimum atomic E-state index is -0.266. The Kier molecular flexibility index (Phi) is 2.38. The summed E-state index contributed by atoms with van der Waals surface area (Å²) in [5.74, 6) is 0.211. The summed E-state index contributed by atoms with van der Waals surface area (Å²) in [5, 5.41) is 1.72. The third kappa shape index (κ3) is 2.23. The minimum absolute atomic E-state index is 0.211. The number of carbonyl (C=O) groups excluding carboxylic acids is 1. The molecule has 0 aliphatic carbocycles. The summed E-state index contributed by atoms with van der Waals surface area (Å²) in [5.41, 5.74) is 5.32.